The van der Waals surface area contributed by atoms with Crippen LogP contribution in [-0.2, 0) is 4.79 Å². The van der Waals surface area contributed by atoms with Gasteiger partial charge < -0.3 is 9.84 Å². The molecule has 1 heterocycles. The lowest BCUT2D eigenvalue weighted by Crippen LogP contribution is -2.56. The van der Waals surface area contributed by atoms with E-state index in [1.807, 2.05) is 32.9 Å². The zero-order chi connectivity index (χ0) is 20.8. The number of carbonyl (C=O) groups is 1. The van der Waals surface area contributed by atoms with Gasteiger partial charge in [-0.25, -0.2) is 0 Å². The lowest BCUT2D eigenvalue weighted by atomic mass is 9.80. The van der Waals surface area contributed by atoms with E-state index in [4.69, 9.17) is 4.74 Å². The van der Waals surface area contributed by atoms with Gasteiger partial charge in [-0.05, 0) is 31.9 Å². The molecule has 0 radical (unpaired) electrons. The number of ether oxygens (including phenoxy) is 1. The monoisotopic (exact) mass is 386 g/mol. The van der Waals surface area contributed by atoms with Gasteiger partial charge in [-0.15, -0.1) is 0 Å². The van der Waals surface area contributed by atoms with Gasteiger partial charge >= 0.3 is 6.18 Å². The fourth-order valence-corrected chi connectivity index (χ4v) is 3.14. The second kappa shape index (κ2) is 6.82. The Morgan fingerprint density at radius 3 is 2.19 bits per heavy atom. The number of hydrogen-bond acceptors (Lipinski definition) is 4. The Hall–Kier alpha value is -2.09. The predicted molar refractivity (Wildman–Crippen MR) is 95.5 cm³/mol. The molecule has 8 heteroatoms. The Morgan fingerprint density at radius 1 is 1.22 bits per heavy atom. The molecule has 0 unspecified atom stereocenters. The van der Waals surface area contributed by atoms with Gasteiger partial charge in [-0.1, -0.05) is 38.5 Å². The van der Waals surface area contributed by atoms with E-state index in [9.17, 15) is 23.1 Å². The predicted octanol–water partition coefficient (Wildman–Crippen LogP) is 3.88. The van der Waals surface area contributed by atoms with E-state index in [0.717, 1.165) is 16.7 Å². The maximum Gasteiger partial charge on any atom is 0.431 e. The third kappa shape index (κ3) is 4.10. The Balaban J connectivity index is 2.28. The van der Waals surface area contributed by atoms with Crippen LogP contribution in [0.5, 0.6) is 5.75 Å². The van der Waals surface area contributed by atoms with Crippen molar-refractivity contribution in [1.29, 1.82) is 0 Å². The third-order valence-corrected chi connectivity index (χ3v) is 4.69. The minimum absolute atomic E-state index is 0.493. The lowest BCUT2D eigenvalue weighted by Gasteiger charge is -2.41. The average Bonchev–Trinajstić information content (AvgIpc) is 2.85. The molecule has 5 nitrogen and oxygen atoms in total. The largest absolute Gasteiger partial charge is 0.483 e. The van der Waals surface area contributed by atoms with Gasteiger partial charge in [0.2, 0.25) is 0 Å². The standard InChI is InChI=1S/C19H25F3N2O3/c1-11-7-12(2)16(13(3)8-11)27-10-15(25)24-18(26,17(4,5)6)9-14(23-24)19(20,21)22/h7-8,26H,9-10H2,1-6H3/t18-/m1/s1. The van der Waals surface area contributed by atoms with E-state index in [1.54, 1.807) is 20.8 Å². The average molecular weight is 386 g/mol. The molecule has 0 saturated carbocycles. The number of rotatable bonds is 3. The molecule has 1 amide bonds. The second-order valence-corrected chi connectivity index (χ2v) is 8.01. The summed E-state index contributed by atoms with van der Waals surface area (Å²) in [7, 11) is 0. The van der Waals surface area contributed by atoms with Crippen LogP contribution in [0, 0.1) is 26.2 Å². The second-order valence-electron chi connectivity index (χ2n) is 8.01. The topological polar surface area (TPSA) is 62.1 Å². The quantitative estimate of drug-likeness (QED) is 0.858. The van der Waals surface area contributed by atoms with Crippen LogP contribution in [0.2, 0.25) is 0 Å². The number of benzene rings is 1. The van der Waals surface area contributed by atoms with Crippen LogP contribution in [0.25, 0.3) is 0 Å². The smallest absolute Gasteiger partial charge is 0.431 e. The number of amides is 1. The summed E-state index contributed by atoms with van der Waals surface area (Å²) in [5.74, 6) is -0.349. The first-order valence-electron chi connectivity index (χ1n) is 8.57. The van der Waals surface area contributed by atoms with E-state index >= 15 is 0 Å². The molecule has 1 aliphatic rings. The first kappa shape index (κ1) is 21.2. The van der Waals surface area contributed by atoms with Crippen molar-refractivity contribution in [2.75, 3.05) is 6.61 Å². The number of alkyl halides is 3. The van der Waals surface area contributed by atoms with Crippen LogP contribution >= 0.6 is 0 Å². The van der Waals surface area contributed by atoms with Crippen LogP contribution in [0.4, 0.5) is 13.2 Å². The van der Waals surface area contributed by atoms with Gasteiger partial charge in [0, 0.05) is 11.8 Å². The highest BCUT2D eigenvalue weighted by Gasteiger charge is 2.57. The summed E-state index contributed by atoms with van der Waals surface area (Å²) in [5.41, 5.74) is -1.66. The fraction of sp³-hybridized carbons (Fsp3) is 0.579. The number of hydrogen-bond donors (Lipinski definition) is 1. The van der Waals surface area contributed by atoms with Crippen molar-refractivity contribution < 1.29 is 27.8 Å². The maximum atomic E-state index is 13.1. The molecule has 1 aliphatic heterocycles. The van der Waals surface area contributed by atoms with Crippen LogP contribution in [-0.4, -0.2) is 40.2 Å². The first-order valence-corrected chi connectivity index (χ1v) is 8.57. The number of carbonyl (C=O) groups excluding carboxylic acids is 1. The van der Waals surface area contributed by atoms with Crippen molar-refractivity contribution in [2.24, 2.45) is 10.5 Å². The molecule has 150 valence electrons. The molecule has 0 aliphatic carbocycles. The van der Waals surface area contributed by atoms with Crippen molar-refractivity contribution in [3.8, 4) is 5.75 Å². The molecular weight excluding hydrogens is 361 g/mol. The van der Waals surface area contributed by atoms with Crippen LogP contribution in [0.15, 0.2) is 17.2 Å². The highest BCUT2D eigenvalue weighted by molar-refractivity contribution is 5.94. The minimum atomic E-state index is -4.72. The van der Waals surface area contributed by atoms with Gasteiger partial charge in [-0.2, -0.15) is 23.3 Å². The Bertz CT molecular complexity index is 758. The summed E-state index contributed by atoms with van der Waals surface area (Å²) < 4.78 is 44.9. The van der Waals surface area contributed by atoms with E-state index in [0.29, 0.717) is 10.8 Å². The van der Waals surface area contributed by atoms with Gasteiger partial charge in [-0.3, -0.25) is 4.79 Å². The summed E-state index contributed by atoms with van der Waals surface area (Å²) in [6, 6.07) is 3.77. The van der Waals surface area contributed by atoms with Crippen LogP contribution < -0.4 is 4.74 Å². The molecule has 27 heavy (non-hydrogen) atoms. The molecule has 1 atom stereocenters. The number of nitrogens with zero attached hydrogens (tertiary/aromatic N) is 2. The first-order chi connectivity index (χ1) is 12.2. The van der Waals surface area contributed by atoms with Crippen LogP contribution in [0.3, 0.4) is 0 Å². The molecule has 0 saturated heterocycles. The molecule has 1 aromatic carbocycles. The van der Waals surface area contributed by atoms with E-state index in [2.05, 4.69) is 5.10 Å². The molecule has 2 rings (SSSR count). The number of aryl methyl sites for hydroxylation is 3. The van der Waals surface area contributed by atoms with Gasteiger partial charge in [0.05, 0.1) is 0 Å². The Labute approximate surface area is 156 Å². The van der Waals surface area contributed by atoms with E-state index in [-0.39, 0.29) is 0 Å². The molecule has 0 bridgehead atoms. The SMILES string of the molecule is Cc1cc(C)c(OCC(=O)N2N=C(C(F)(F)F)C[C@@]2(O)C(C)(C)C)c(C)c1. The van der Waals surface area contributed by atoms with Crippen molar-refractivity contribution in [3.63, 3.8) is 0 Å². The summed E-state index contributed by atoms with van der Waals surface area (Å²) in [4.78, 5) is 12.6. The molecular formula is C19H25F3N2O3. The number of hydrazone groups is 1. The van der Waals surface area contributed by atoms with Crippen LogP contribution in [0.1, 0.15) is 43.9 Å². The summed E-state index contributed by atoms with van der Waals surface area (Å²) in [6.07, 6.45) is -5.51. The highest BCUT2D eigenvalue weighted by Crippen LogP contribution is 2.43. The summed E-state index contributed by atoms with van der Waals surface area (Å²) in [5, 5.41) is 14.8. The Kier molecular flexibility index (Phi) is 5.35. The third-order valence-electron chi connectivity index (χ3n) is 4.69. The fourth-order valence-electron chi connectivity index (χ4n) is 3.14. The van der Waals surface area contributed by atoms with Crippen molar-refractivity contribution >= 4 is 11.6 Å². The molecule has 0 spiro atoms. The number of aliphatic hydroxyl groups is 1. The summed E-state index contributed by atoms with van der Waals surface area (Å²) in [6.45, 7) is 9.70. The van der Waals surface area contributed by atoms with Crippen molar-refractivity contribution in [2.45, 2.75) is 59.9 Å². The molecule has 0 aromatic heterocycles. The summed E-state index contributed by atoms with van der Waals surface area (Å²) >= 11 is 0. The normalized spacial score (nSPS) is 20.7. The highest BCUT2D eigenvalue weighted by atomic mass is 19.4. The van der Waals surface area contributed by atoms with E-state index in [1.165, 1.54) is 0 Å². The minimum Gasteiger partial charge on any atom is -0.483 e. The maximum absolute atomic E-state index is 13.1. The van der Waals surface area contributed by atoms with Gasteiger partial charge in [0.15, 0.2) is 12.3 Å². The molecule has 0 fully saturated rings. The Morgan fingerprint density at radius 2 is 1.74 bits per heavy atom. The van der Waals surface area contributed by atoms with E-state index < -0.39 is 42.0 Å². The zero-order valence-electron chi connectivity index (χ0n) is 16.4. The van der Waals surface area contributed by atoms with Gasteiger partial charge in [0.25, 0.3) is 5.91 Å². The number of halogens is 3. The lowest BCUT2D eigenvalue weighted by molar-refractivity contribution is -0.183. The van der Waals surface area contributed by atoms with Gasteiger partial charge in [0.1, 0.15) is 11.5 Å². The van der Waals surface area contributed by atoms with Crippen molar-refractivity contribution in [3.05, 3.63) is 28.8 Å². The molecule has 1 aromatic rings. The van der Waals surface area contributed by atoms with Crippen molar-refractivity contribution in [1.82, 2.24) is 5.01 Å². The molecule has 1 N–H and O–H groups in total. The zero-order valence-corrected chi connectivity index (χ0v) is 16.4.